The minimum Gasteiger partial charge on any atom is -0.385 e. The molecule has 0 saturated carbocycles. The minimum absolute atomic E-state index is 0.686. The van der Waals surface area contributed by atoms with Gasteiger partial charge in [-0.15, -0.1) is 0 Å². The number of nitrogens with zero attached hydrogens (tertiary/aromatic N) is 1. The van der Waals surface area contributed by atoms with Crippen LogP contribution in [0.3, 0.4) is 0 Å². The molecule has 1 aromatic rings. The average molecular weight is 215 g/mol. The molecule has 1 aromatic carbocycles. The molecule has 0 bridgehead atoms. The largest absolute Gasteiger partial charge is 0.385 e. The Morgan fingerprint density at radius 3 is 2.81 bits per heavy atom. The lowest BCUT2D eigenvalue weighted by Gasteiger charge is -2.11. The van der Waals surface area contributed by atoms with E-state index in [-0.39, 0.29) is 0 Å². The van der Waals surface area contributed by atoms with Crippen LogP contribution < -0.4 is 10.6 Å². The Hall–Kier alpha value is -1.53. The second-order valence-electron chi connectivity index (χ2n) is 4.20. The van der Waals surface area contributed by atoms with Crippen LogP contribution in [0.4, 0.5) is 5.69 Å². The fraction of sp³-hybridized carbons (Fsp3) is 0.462. The first-order valence-electron chi connectivity index (χ1n) is 5.86. The predicted octanol–water partition coefficient (Wildman–Crippen LogP) is 2.11. The molecule has 0 radical (unpaired) electrons. The zero-order chi connectivity index (χ0) is 11.2. The first-order chi connectivity index (χ1) is 7.88. The summed E-state index contributed by atoms with van der Waals surface area (Å²) in [5.74, 6) is 0. The van der Waals surface area contributed by atoms with Gasteiger partial charge in [0, 0.05) is 18.3 Å². The minimum atomic E-state index is 0.686. The monoisotopic (exact) mass is 215 g/mol. The van der Waals surface area contributed by atoms with Gasteiger partial charge in [0.15, 0.2) is 0 Å². The number of rotatable bonds is 4. The molecule has 84 valence electrons. The summed E-state index contributed by atoms with van der Waals surface area (Å²) in [5.41, 5.74) is 1.81. The zero-order valence-electron chi connectivity index (χ0n) is 9.37. The number of anilines is 1. The van der Waals surface area contributed by atoms with Gasteiger partial charge < -0.3 is 10.6 Å². The molecule has 1 fully saturated rings. The average Bonchev–Trinajstić information content (AvgIpc) is 2.83. The Balaban J connectivity index is 1.74. The maximum absolute atomic E-state index is 8.67. The first kappa shape index (κ1) is 11.0. The predicted molar refractivity (Wildman–Crippen MR) is 65.3 cm³/mol. The Kier molecular flexibility index (Phi) is 3.79. The number of nitrogens with one attached hydrogen (secondary N) is 2. The van der Waals surface area contributed by atoms with Crippen molar-refractivity contribution in [2.45, 2.75) is 25.3 Å². The van der Waals surface area contributed by atoms with E-state index < -0.39 is 0 Å². The van der Waals surface area contributed by atoms with E-state index in [1.165, 1.54) is 25.8 Å². The standard InChI is InChI=1S/C13H17N3/c14-10-11-3-5-13(6-4-11)16-9-7-12-2-1-8-15-12/h3-6,12,15-16H,1-2,7-9H2/t12-/m1/s1. The van der Waals surface area contributed by atoms with E-state index in [0.717, 1.165) is 12.2 Å². The van der Waals surface area contributed by atoms with E-state index in [2.05, 4.69) is 16.7 Å². The molecule has 2 N–H and O–H groups in total. The van der Waals surface area contributed by atoms with Gasteiger partial charge in [0.2, 0.25) is 0 Å². The molecule has 0 aliphatic carbocycles. The van der Waals surface area contributed by atoms with Crippen LogP contribution in [0.1, 0.15) is 24.8 Å². The number of hydrogen-bond donors (Lipinski definition) is 2. The van der Waals surface area contributed by atoms with Gasteiger partial charge in [-0.2, -0.15) is 5.26 Å². The van der Waals surface area contributed by atoms with E-state index in [1.54, 1.807) is 0 Å². The summed E-state index contributed by atoms with van der Waals surface area (Å²) in [6, 6.07) is 10.4. The molecule has 3 nitrogen and oxygen atoms in total. The van der Waals surface area contributed by atoms with Crippen LogP contribution in [-0.4, -0.2) is 19.1 Å². The van der Waals surface area contributed by atoms with Crippen molar-refractivity contribution in [3.8, 4) is 6.07 Å². The molecule has 1 heterocycles. The lowest BCUT2D eigenvalue weighted by Crippen LogP contribution is -2.24. The van der Waals surface area contributed by atoms with Crippen molar-refractivity contribution in [3.05, 3.63) is 29.8 Å². The molecule has 0 amide bonds. The van der Waals surface area contributed by atoms with Crippen LogP contribution in [0.2, 0.25) is 0 Å². The highest BCUT2D eigenvalue weighted by atomic mass is 14.9. The molecule has 1 atom stereocenters. The summed E-state index contributed by atoms with van der Waals surface area (Å²) in [6.45, 7) is 2.16. The topological polar surface area (TPSA) is 47.9 Å². The molecule has 1 aliphatic rings. The van der Waals surface area contributed by atoms with Gasteiger partial charge in [0.25, 0.3) is 0 Å². The third kappa shape index (κ3) is 2.98. The van der Waals surface area contributed by atoms with Gasteiger partial charge >= 0.3 is 0 Å². The van der Waals surface area contributed by atoms with Crippen molar-refractivity contribution < 1.29 is 0 Å². The Bertz CT molecular complexity index is 358. The SMILES string of the molecule is N#Cc1ccc(NCC[C@H]2CCCN2)cc1. The van der Waals surface area contributed by atoms with Gasteiger partial charge in [-0.05, 0) is 50.1 Å². The molecular weight excluding hydrogens is 198 g/mol. The van der Waals surface area contributed by atoms with Gasteiger partial charge in [-0.1, -0.05) is 0 Å². The third-order valence-electron chi connectivity index (χ3n) is 3.00. The highest BCUT2D eigenvalue weighted by molar-refractivity contribution is 5.47. The second kappa shape index (κ2) is 5.53. The lowest BCUT2D eigenvalue weighted by atomic mass is 10.1. The highest BCUT2D eigenvalue weighted by Gasteiger charge is 2.12. The summed E-state index contributed by atoms with van der Waals surface area (Å²) in [5, 5.41) is 15.5. The van der Waals surface area contributed by atoms with Gasteiger partial charge in [0.05, 0.1) is 11.6 Å². The number of nitriles is 1. The molecule has 1 aliphatic heterocycles. The Morgan fingerprint density at radius 1 is 1.38 bits per heavy atom. The number of benzene rings is 1. The summed E-state index contributed by atoms with van der Waals surface area (Å²) in [6.07, 6.45) is 3.77. The lowest BCUT2D eigenvalue weighted by molar-refractivity contribution is 0.574. The summed E-state index contributed by atoms with van der Waals surface area (Å²) < 4.78 is 0. The molecular formula is C13H17N3. The second-order valence-corrected chi connectivity index (χ2v) is 4.20. The maximum Gasteiger partial charge on any atom is 0.0991 e. The fourth-order valence-electron chi connectivity index (χ4n) is 2.06. The highest BCUT2D eigenvalue weighted by Crippen LogP contribution is 2.11. The third-order valence-corrected chi connectivity index (χ3v) is 3.00. The summed E-state index contributed by atoms with van der Waals surface area (Å²) in [4.78, 5) is 0. The van der Waals surface area contributed by atoms with Crippen LogP contribution in [0.5, 0.6) is 0 Å². The normalized spacial score (nSPS) is 19.3. The smallest absolute Gasteiger partial charge is 0.0991 e. The van der Waals surface area contributed by atoms with Gasteiger partial charge in [-0.25, -0.2) is 0 Å². The van der Waals surface area contributed by atoms with E-state index in [0.29, 0.717) is 11.6 Å². The zero-order valence-corrected chi connectivity index (χ0v) is 9.37. The van der Waals surface area contributed by atoms with Crippen LogP contribution in [0, 0.1) is 11.3 Å². The maximum atomic E-state index is 8.67. The molecule has 16 heavy (non-hydrogen) atoms. The first-order valence-corrected chi connectivity index (χ1v) is 5.86. The van der Waals surface area contributed by atoms with Crippen molar-refractivity contribution in [1.82, 2.24) is 5.32 Å². The summed E-state index contributed by atoms with van der Waals surface area (Å²) >= 11 is 0. The molecule has 0 aromatic heterocycles. The van der Waals surface area contributed by atoms with Crippen molar-refractivity contribution in [3.63, 3.8) is 0 Å². The molecule has 0 spiro atoms. The van der Waals surface area contributed by atoms with Crippen molar-refractivity contribution in [1.29, 1.82) is 5.26 Å². The van der Waals surface area contributed by atoms with Crippen LogP contribution in [0.15, 0.2) is 24.3 Å². The van der Waals surface area contributed by atoms with Crippen LogP contribution in [-0.2, 0) is 0 Å². The quantitative estimate of drug-likeness (QED) is 0.808. The van der Waals surface area contributed by atoms with E-state index in [9.17, 15) is 0 Å². The van der Waals surface area contributed by atoms with Gasteiger partial charge in [-0.3, -0.25) is 0 Å². The van der Waals surface area contributed by atoms with Crippen LogP contribution in [0.25, 0.3) is 0 Å². The fourth-order valence-corrected chi connectivity index (χ4v) is 2.06. The number of hydrogen-bond acceptors (Lipinski definition) is 3. The Labute approximate surface area is 96.5 Å². The van der Waals surface area contributed by atoms with E-state index in [4.69, 9.17) is 5.26 Å². The van der Waals surface area contributed by atoms with Crippen LogP contribution >= 0.6 is 0 Å². The van der Waals surface area contributed by atoms with Crippen molar-refractivity contribution in [2.24, 2.45) is 0 Å². The van der Waals surface area contributed by atoms with Crippen molar-refractivity contribution >= 4 is 5.69 Å². The van der Waals surface area contributed by atoms with Crippen molar-refractivity contribution in [2.75, 3.05) is 18.4 Å². The molecule has 0 unspecified atom stereocenters. The molecule has 2 rings (SSSR count). The van der Waals surface area contributed by atoms with E-state index >= 15 is 0 Å². The van der Waals surface area contributed by atoms with E-state index in [1.807, 2.05) is 24.3 Å². The summed E-state index contributed by atoms with van der Waals surface area (Å²) in [7, 11) is 0. The van der Waals surface area contributed by atoms with Gasteiger partial charge in [0.1, 0.15) is 0 Å². The molecule has 3 heteroatoms. The molecule has 1 saturated heterocycles. The Morgan fingerprint density at radius 2 is 2.19 bits per heavy atom.